The van der Waals surface area contributed by atoms with Crippen molar-refractivity contribution in [3.8, 4) is 6.07 Å². The highest BCUT2D eigenvalue weighted by atomic mass is 32.2. The number of hydrogen-bond donors (Lipinski definition) is 2. The highest BCUT2D eigenvalue weighted by Gasteiger charge is 2.11. The van der Waals surface area contributed by atoms with Crippen LogP contribution >= 0.6 is 11.9 Å². The van der Waals surface area contributed by atoms with Crippen molar-refractivity contribution < 1.29 is 0 Å². The van der Waals surface area contributed by atoms with Crippen LogP contribution in [-0.2, 0) is 0 Å². The fourth-order valence-corrected chi connectivity index (χ4v) is 0.505. The van der Waals surface area contributed by atoms with E-state index in [0.29, 0.717) is 5.03 Å². The second-order valence-electron chi connectivity index (χ2n) is 2.64. The van der Waals surface area contributed by atoms with Crippen LogP contribution in [0.5, 0.6) is 0 Å². The van der Waals surface area contributed by atoms with Crippen molar-refractivity contribution in [3.05, 3.63) is 11.1 Å². The lowest BCUT2D eigenvalue weighted by Gasteiger charge is -2.05. The Morgan fingerprint density at radius 3 is 2.67 bits per heavy atom. The van der Waals surface area contributed by atoms with E-state index in [1.54, 1.807) is 19.9 Å². The Kier molecular flexibility index (Phi) is 4.40. The monoisotopic (exact) mass is 184 g/mol. The molecule has 66 valence electrons. The topological polar surface area (TPSA) is 88.2 Å². The Morgan fingerprint density at radius 1 is 1.67 bits per heavy atom. The van der Waals surface area contributed by atoms with Crippen molar-refractivity contribution in [2.75, 3.05) is 0 Å². The maximum Gasteiger partial charge on any atom is 0.141 e. The maximum absolute atomic E-state index is 8.57. The van der Waals surface area contributed by atoms with Crippen LogP contribution in [0, 0.1) is 11.3 Å². The van der Waals surface area contributed by atoms with E-state index in [4.69, 9.17) is 16.1 Å². The van der Waals surface area contributed by atoms with Gasteiger partial charge in [0.25, 0.3) is 0 Å². The molecule has 0 fully saturated rings. The van der Waals surface area contributed by atoms with E-state index >= 15 is 0 Å². The van der Waals surface area contributed by atoms with Gasteiger partial charge in [-0.1, -0.05) is 0 Å². The van der Waals surface area contributed by atoms with Crippen LogP contribution in [0.1, 0.15) is 13.8 Å². The Morgan fingerprint density at radius 2 is 2.25 bits per heavy atom. The summed E-state index contributed by atoms with van der Waals surface area (Å²) in [5.41, 5.74) is 4.67. The number of hydrogen-bond acceptors (Lipinski definition) is 5. The van der Waals surface area contributed by atoms with E-state index in [1.165, 1.54) is 6.21 Å². The highest BCUT2D eigenvalue weighted by molar-refractivity contribution is 8.00. The standard InChI is InChI=1S/C7H12N4S/c1-7(2,5-8)11-4-3-6(9)12-10/h3-4H,9-10H2,1-2H3. The summed E-state index contributed by atoms with van der Waals surface area (Å²) >= 11 is 0.948. The van der Waals surface area contributed by atoms with Crippen LogP contribution in [0.4, 0.5) is 0 Å². The van der Waals surface area contributed by atoms with Gasteiger partial charge in [-0.15, -0.1) is 0 Å². The molecule has 0 bridgehead atoms. The molecular formula is C7H12N4S. The highest BCUT2D eigenvalue weighted by Crippen LogP contribution is 2.05. The molecule has 0 heterocycles. The summed E-state index contributed by atoms with van der Waals surface area (Å²) < 4.78 is 0. The second-order valence-corrected chi connectivity index (χ2v) is 3.34. The van der Waals surface area contributed by atoms with Gasteiger partial charge in [0.1, 0.15) is 5.54 Å². The number of nitriles is 1. The average molecular weight is 184 g/mol. The van der Waals surface area contributed by atoms with E-state index in [0.717, 1.165) is 11.9 Å². The minimum atomic E-state index is -0.698. The van der Waals surface area contributed by atoms with Crippen molar-refractivity contribution in [1.82, 2.24) is 0 Å². The zero-order chi connectivity index (χ0) is 9.61. The number of nitrogens with zero attached hydrogens (tertiary/aromatic N) is 2. The lowest BCUT2D eigenvalue weighted by atomic mass is 10.1. The Bertz CT molecular complexity index is 236. The van der Waals surface area contributed by atoms with E-state index < -0.39 is 5.54 Å². The summed E-state index contributed by atoms with van der Waals surface area (Å²) in [6.07, 6.45) is 3.04. The third-order valence-corrected chi connectivity index (χ3v) is 1.45. The van der Waals surface area contributed by atoms with Crippen molar-refractivity contribution >= 4 is 18.2 Å². The molecule has 5 heteroatoms. The molecule has 0 aliphatic heterocycles. The first-order valence-electron chi connectivity index (χ1n) is 3.31. The minimum absolute atomic E-state index is 0.465. The molecule has 0 aliphatic carbocycles. The Hall–Kier alpha value is -0.990. The molecule has 0 saturated carbocycles. The predicted molar refractivity (Wildman–Crippen MR) is 52.2 cm³/mol. The normalized spacial score (nSPS) is 13.3. The molecule has 0 radical (unpaired) electrons. The van der Waals surface area contributed by atoms with Gasteiger partial charge in [0.15, 0.2) is 0 Å². The molecule has 12 heavy (non-hydrogen) atoms. The fraction of sp³-hybridized carbons (Fsp3) is 0.429. The molecule has 4 N–H and O–H groups in total. The molecular weight excluding hydrogens is 172 g/mol. The lowest BCUT2D eigenvalue weighted by Crippen LogP contribution is -2.12. The van der Waals surface area contributed by atoms with E-state index in [1.807, 2.05) is 6.07 Å². The smallest absolute Gasteiger partial charge is 0.141 e. The third-order valence-electron chi connectivity index (χ3n) is 1.05. The van der Waals surface area contributed by atoms with E-state index in [9.17, 15) is 0 Å². The van der Waals surface area contributed by atoms with E-state index in [-0.39, 0.29) is 0 Å². The van der Waals surface area contributed by atoms with Gasteiger partial charge in [0, 0.05) is 6.21 Å². The molecule has 0 saturated heterocycles. The fourth-order valence-electron chi connectivity index (χ4n) is 0.365. The lowest BCUT2D eigenvalue weighted by molar-refractivity contribution is 0.677. The molecule has 0 aromatic heterocycles. The van der Waals surface area contributed by atoms with Gasteiger partial charge in [-0.25, -0.2) is 0 Å². The maximum atomic E-state index is 8.57. The molecule has 0 amide bonds. The molecule has 0 aromatic rings. The minimum Gasteiger partial charge on any atom is -0.392 e. The first-order chi connectivity index (χ1) is 5.52. The average Bonchev–Trinajstić information content (AvgIpc) is 2.04. The summed E-state index contributed by atoms with van der Waals surface area (Å²) in [7, 11) is 0. The van der Waals surface area contributed by atoms with Crippen LogP contribution in [-0.4, -0.2) is 11.8 Å². The van der Waals surface area contributed by atoms with E-state index in [2.05, 4.69) is 4.99 Å². The largest absolute Gasteiger partial charge is 0.392 e. The third kappa shape index (κ3) is 4.77. The second kappa shape index (κ2) is 4.80. The molecule has 0 aliphatic rings. The van der Waals surface area contributed by atoms with Gasteiger partial charge in [-0.05, 0) is 31.9 Å². The van der Waals surface area contributed by atoms with Gasteiger partial charge >= 0.3 is 0 Å². The van der Waals surface area contributed by atoms with Crippen molar-refractivity contribution in [2.45, 2.75) is 19.4 Å². The quantitative estimate of drug-likeness (QED) is 0.501. The Balaban J connectivity index is 4.20. The van der Waals surface area contributed by atoms with Crippen LogP contribution in [0.25, 0.3) is 0 Å². The number of aliphatic imine (C=N–C) groups is 1. The van der Waals surface area contributed by atoms with Crippen LogP contribution in [0.2, 0.25) is 0 Å². The summed E-state index contributed by atoms with van der Waals surface area (Å²) in [4.78, 5) is 3.95. The Labute approximate surface area is 76.5 Å². The van der Waals surface area contributed by atoms with Gasteiger partial charge < -0.3 is 5.73 Å². The summed E-state index contributed by atoms with van der Waals surface area (Å²) in [5, 5.41) is 14.2. The van der Waals surface area contributed by atoms with Gasteiger partial charge in [-0.2, -0.15) is 5.26 Å². The molecule has 0 spiro atoms. The van der Waals surface area contributed by atoms with Gasteiger partial charge in [-0.3, -0.25) is 10.1 Å². The van der Waals surface area contributed by atoms with Crippen LogP contribution < -0.4 is 10.9 Å². The van der Waals surface area contributed by atoms with Crippen molar-refractivity contribution in [1.29, 1.82) is 5.26 Å². The van der Waals surface area contributed by atoms with Gasteiger partial charge in [0.2, 0.25) is 0 Å². The number of nitrogens with two attached hydrogens (primary N) is 2. The zero-order valence-electron chi connectivity index (χ0n) is 7.11. The summed E-state index contributed by atoms with van der Waals surface area (Å²) in [5.74, 6) is 0. The molecule has 0 rings (SSSR count). The van der Waals surface area contributed by atoms with Crippen LogP contribution in [0.15, 0.2) is 16.1 Å². The SMILES string of the molecule is CC(C)(C#N)N=CC=C(N)SN. The first-order valence-corrected chi connectivity index (χ1v) is 4.19. The molecule has 0 atom stereocenters. The first kappa shape index (κ1) is 11.0. The van der Waals surface area contributed by atoms with Crippen molar-refractivity contribution in [2.24, 2.45) is 15.9 Å². The molecule has 0 unspecified atom stereocenters. The summed E-state index contributed by atoms with van der Waals surface area (Å²) in [6.45, 7) is 3.42. The zero-order valence-corrected chi connectivity index (χ0v) is 7.93. The number of rotatable bonds is 3. The summed E-state index contributed by atoms with van der Waals surface area (Å²) in [6, 6.07) is 2.03. The predicted octanol–water partition coefficient (Wildman–Crippen LogP) is 0.766. The van der Waals surface area contributed by atoms with Crippen LogP contribution in [0.3, 0.4) is 0 Å². The van der Waals surface area contributed by atoms with Crippen molar-refractivity contribution in [3.63, 3.8) is 0 Å². The van der Waals surface area contributed by atoms with Gasteiger partial charge in [0.05, 0.1) is 11.1 Å². The molecule has 4 nitrogen and oxygen atoms in total. The molecule has 0 aromatic carbocycles. The number of allylic oxidation sites excluding steroid dienone is 1.